The molecule has 0 bridgehead atoms. The first-order valence-electron chi connectivity index (χ1n) is 5.39. The SMILES string of the molecule is COC(=O)CC(=O)c1ccc(SC(C)C)cc1. The molecule has 0 spiro atoms. The number of Topliss-reactive ketones (excluding diaryl/α,β-unsaturated/α-hetero) is 1. The molecule has 0 radical (unpaired) electrons. The summed E-state index contributed by atoms with van der Waals surface area (Å²) in [6, 6.07) is 7.29. The Balaban J connectivity index is 2.67. The average molecular weight is 252 g/mol. The van der Waals surface area contributed by atoms with Gasteiger partial charge in [0.05, 0.1) is 7.11 Å². The molecule has 0 unspecified atom stereocenters. The van der Waals surface area contributed by atoms with E-state index >= 15 is 0 Å². The van der Waals surface area contributed by atoms with Crippen LogP contribution in [0.4, 0.5) is 0 Å². The third-order valence-corrected chi connectivity index (χ3v) is 3.10. The molecule has 0 aliphatic carbocycles. The van der Waals surface area contributed by atoms with Gasteiger partial charge < -0.3 is 4.74 Å². The van der Waals surface area contributed by atoms with Crippen LogP contribution < -0.4 is 0 Å². The second-order valence-corrected chi connectivity index (χ2v) is 5.52. The van der Waals surface area contributed by atoms with Gasteiger partial charge in [-0.05, 0) is 12.1 Å². The molecule has 0 saturated heterocycles. The van der Waals surface area contributed by atoms with Gasteiger partial charge in [-0.1, -0.05) is 26.0 Å². The Morgan fingerprint density at radius 3 is 2.29 bits per heavy atom. The zero-order valence-corrected chi connectivity index (χ0v) is 11.0. The van der Waals surface area contributed by atoms with Gasteiger partial charge >= 0.3 is 5.97 Å². The van der Waals surface area contributed by atoms with Gasteiger partial charge in [-0.15, -0.1) is 11.8 Å². The lowest BCUT2D eigenvalue weighted by molar-refractivity contribution is -0.139. The molecular formula is C13H16O3S. The van der Waals surface area contributed by atoms with Gasteiger partial charge in [0.25, 0.3) is 0 Å². The maximum atomic E-state index is 11.6. The van der Waals surface area contributed by atoms with Gasteiger partial charge in [0.2, 0.25) is 0 Å². The monoisotopic (exact) mass is 252 g/mol. The molecule has 4 heteroatoms. The number of hydrogen-bond acceptors (Lipinski definition) is 4. The Hall–Kier alpha value is -1.29. The third-order valence-electron chi connectivity index (χ3n) is 2.08. The van der Waals surface area contributed by atoms with Crippen molar-refractivity contribution in [2.45, 2.75) is 30.4 Å². The molecule has 1 aromatic rings. The van der Waals surface area contributed by atoms with Crippen molar-refractivity contribution in [3.63, 3.8) is 0 Å². The molecule has 1 aromatic carbocycles. The van der Waals surface area contributed by atoms with E-state index in [1.54, 1.807) is 23.9 Å². The van der Waals surface area contributed by atoms with Gasteiger partial charge in [0.15, 0.2) is 5.78 Å². The van der Waals surface area contributed by atoms with Crippen LogP contribution in [0.5, 0.6) is 0 Å². The molecule has 92 valence electrons. The second kappa shape index (κ2) is 6.45. The molecule has 0 aromatic heterocycles. The summed E-state index contributed by atoms with van der Waals surface area (Å²) in [7, 11) is 1.28. The normalized spacial score (nSPS) is 10.4. The molecule has 1 rings (SSSR count). The number of ether oxygens (including phenoxy) is 1. The van der Waals surface area contributed by atoms with E-state index < -0.39 is 5.97 Å². The minimum Gasteiger partial charge on any atom is -0.469 e. The summed E-state index contributed by atoms with van der Waals surface area (Å²) in [6.45, 7) is 4.22. The second-order valence-electron chi connectivity index (χ2n) is 3.87. The van der Waals surface area contributed by atoms with E-state index in [4.69, 9.17) is 0 Å². The van der Waals surface area contributed by atoms with E-state index in [0.717, 1.165) is 4.90 Å². The Labute approximate surface area is 106 Å². The summed E-state index contributed by atoms with van der Waals surface area (Å²) in [5.41, 5.74) is 0.545. The molecular weight excluding hydrogens is 236 g/mol. The number of carbonyl (C=O) groups excluding carboxylic acids is 2. The topological polar surface area (TPSA) is 43.4 Å². The van der Waals surface area contributed by atoms with Crippen LogP contribution in [0, 0.1) is 0 Å². The first-order valence-corrected chi connectivity index (χ1v) is 6.27. The fourth-order valence-electron chi connectivity index (χ4n) is 1.30. The van der Waals surface area contributed by atoms with Crippen LogP contribution in [0.3, 0.4) is 0 Å². The fraction of sp³-hybridized carbons (Fsp3) is 0.385. The summed E-state index contributed by atoms with van der Waals surface area (Å²) in [4.78, 5) is 23.7. The van der Waals surface area contributed by atoms with Crippen LogP contribution >= 0.6 is 11.8 Å². The lowest BCUT2D eigenvalue weighted by atomic mass is 10.1. The fourth-order valence-corrected chi connectivity index (χ4v) is 2.13. The molecule has 0 aliphatic heterocycles. The lowest BCUT2D eigenvalue weighted by Crippen LogP contribution is -2.09. The van der Waals surface area contributed by atoms with E-state index in [1.807, 2.05) is 12.1 Å². The van der Waals surface area contributed by atoms with E-state index in [1.165, 1.54) is 7.11 Å². The van der Waals surface area contributed by atoms with Crippen molar-refractivity contribution in [3.8, 4) is 0 Å². The maximum Gasteiger partial charge on any atom is 0.313 e. The van der Waals surface area contributed by atoms with E-state index in [-0.39, 0.29) is 12.2 Å². The predicted molar refractivity (Wildman–Crippen MR) is 68.4 cm³/mol. The summed E-state index contributed by atoms with van der Waals surface area (Å²) in [5, 5.41) is 0.506. The summed E-state index contributed by atoms with van der Waals surface area (Å²) < 4.78 is 4.45. The highest BCUT2D eigenvalue weighted by molar-refractivity contribution is 7.99. The van der Waals surface area contributed by atoms with Crippen molar-refractivity contribution < 1.29 is 14.3 Å². The van der Waals surface area contributed by atoms with E-state index in [9.17, 15) is 9.59 Å². The number of hydrogen-bond donors (Lipinski definition) is 0. The number of thioether (sulfide) groups is 1. The van der Waals surface area contributed by atoms with Crippen molar-refractivity contribution in [2.75, 3.05) is 7.11 Å². The van der Waals surface area contributed by atoms with Crippen molar-refractivity contribution in [1.29, 1.82) is 0 Å². The summed E-state index contributed by atoms with van der Waals surface area (Å²) in [6.07, 6.45) is -0.201. The van der Waals surface area contributed by atoms with Gasteiger partial charge in [0.1, 0.15) is 6.42 Å². The van der Waals surface area contributed by atoms with Crippen LogP contribution in [-0.4, -0.2) is 24.1 Å². The minimum atomic E-state index is -0.504. The Kier molecular flexibility index (Phi) is 5.22. The van der Waals surface area contributed by atoms with Gasteiger partial charge in [0, 0.05) is 15.7 Å². The molecule has 0 N–H and O–H groups in total. The van der Waals surface area contributed by atoms with Crippen molar-refractivity contribution >= 4 is 23.5 Å². The molecule has 0 amide bonds. The molecule has 0 heterocycles. The highest BCUT2D eigenvalue weighted by Gasteiger charge is 2.11. The smallest absolute Gasteiger partial charge is 0.313 e. The number of esters is 1. The number of carbonyl (C=O) groups is 2. The van der Waals surface area contributed by atoms with Gasteiger partial charge in [-0.25, -0.2) is 0 Å². The van der Waals surface area contributed by atoms with Crippen LogP contribution in [-0.2, 0) is 9.53 Å². The van der Waals surface area contributed by atoms with Crippen molar-refractivity contribution in [3.05, 3.63) is 29.8 Å². The quantitative estimate of drug-likeness (QED) is 0.350. The Morgan fingerprint density at radius 1 is 1.24 bits per heavy atom. The van der Waals surface area contributed by atoms with Crippen LogP contribution in [0.25, 0.3) is 0 Å². The highest BCUT2D eigenvalue weighted by Crippen LogP contribution is 2.23. The number of ketones is 1. The Bertz CT molecular complexity index is 396. The minimum absolute atomic E-state index is 0.201. The molecule has 0 atom stereocenters. The van der Waals surface area contributed by atoms with E-state index in [0.29, 0.717) is 10.8 Å². The van der Waals surface area contributed by atoms with Crippen LogP contribution in [0.1, 0.15) is 30.6 Å². The first kappa shape index (κ1) is 13.8. The van der Waals surface area contributed by atoms with Gasteiger partial charge in [-0.3, -0.25) is 9.59 Å². The third kappa shape index (κ3) is 4.61. The van der Waals surface area contributed by atoms with Gasteiger partial charge in [-0.2, -0.15) is 0 Å². The highest BCUT2D eigenvalue weighted by atomic mass is 32.2. The number of methoxy groups -OCH3 is 1. The average Bonchev–Trinajstić information content (AvgIpc) is 2.28. The van der Waals surface area contributed by atoms with Crippen LogP contribution in [0.2, 0.25) is 0 Å². The van der Waals surface area contributed by atoms with E-state index in [2.05, 4.69) is 18.6 Å². The first-order chi connectivity index (χ1) is 8.02. The molecule has 3 nitrogen and oxygen atoms in total. The predicted octanol–water partition coefficient (Wildman–Crippen LogP) is 2.93. The summed E-state index contributed by atoms with van der Waals surface area (Å²) >= 11 is 1.73. The molecule has 0 aliphatic rings. The molecule has 17 heavy (non-hydrogen) atoms. The molecule has 0 saturated carbocycles. The van der Waals surface area contributed by atoms with Crippen LogP contribution in [0.15, 0.2) is 29.2 Å². The number of rotatable bonds is 5. The zero-order chi connectivity index (χ0) is 12.8. The van der Waals surface area contributed by atoms with Crippen molar-refractivity contribution in [1.82, 2.24) is 0 Å². The lowest BCUT2D eigenvalue weighted by Gasteiger charge is -2.05. The zero-order valence-electron chi connectivity index (χ0n) is 10.2. The maximum absolute atomic E-state index is 11.6. The largest absolute Gasteiger partial charge is 0.469 e. The Morgan fingerprint density at radius 2 is 1.82 bits per heavy atom. The van der Waals surface area contributed by atoms with Crippen molar-refractivity contribution in [2.24, 2.45) is 0 Å². The summed E-state index contributed by atoms with van der Waals surface area (Å²) in [5.74, 6) is -0.714. The number of benzene rings is 1. The molecule has 0 fully saturated rings. The standard InChI is InChI=1S/C13H16O3S/c1-9(2)17-11-6-4-10(5-7-11)12(14)8-13(15)16-3/h4-7,9H,8H2,1-3H3.